The Hall–Kier alpha value is -1.00. The molecule has 2 N–H and O–H groups in total. The Morgan fingerprint density at radius 1 is 1.42 bits per heavy atom. The molecule has 0 fully saturated rings. The van der Waals surface area contributed by atoms with Gasteiger partial charge in [-0.05, 0) is 37.8 Å². The number of carbonyl (C=O) groups excluding carboxylic acids is 1. The predicted octanol–water partition coefficient (Wildman–Crippen LogP) is 2.46. The summed E-state index contributed by atoms with van der Waals surface area (Å²) in [5.74, 6) is 1.01. The minimum absolute atomic E-state index is 0.0349. The number of benzene rings is 1. The Kier molecular flexibility index (Phi) is 5.88. The van der Waals surface area contributed by atoms with Crippen molar-refractivity contribution < 1.29 is 4.79 Å². The van der Waals surface area contributed by atoms with Gasteiger partial charge in [0, 0.05) is 13.1 Å². The van der Waals surface area contributed by atoms with E-state index in [2.05, 4.69) is 13.2 Å². The molecule has 0 spiro atoms. The van der Waals surface area contributed by atoms with E-state index in [1.807, 2.05) is 37.4 Å². The standard InChI is InChI=1S/C15H24N2OS/c1-12(10-11-19-4)17(3)14(18)15(2,16)13-8-6-5-7-9-13/h5-9,12H,10-11,16H2,1-4H3. The van der Waals surface area contributed by atoms with Gasteiger partial charge in [-0.1, -0.05) is 30.3 Å². The first kappa shape index (κ1) is 16.1. The maximum Gasteiger partial charge on any atom is 0.246 e. The lowest BCUT2D eigenvalue weighted by atomic mass is 9.91. The monoisotopic (exact) mass is 280 g/mol. The van der Waals surface area contributed by atoms with Crippen molar-refractivity contribution in [1.29, 1.82) is 0 Å². The van der Waals surface area contributed by atoms with E-state index in [0.717, 1.165) is 17.7 Å². The SMILES string of the molecule is CSCCC(C)N(C)C(=O)C(C)(N)c1ccccc1. The topological polar surface area (TPSA) is 46.3 Å². The van der Waals surface area contributed by atoms with E-state index < -0.39 is 5.54 Å². The van der Waals surface area contributed by atoms with Crippen LogP contribution in [0.1, 0.15) is 25.8 Å². The fraction of sp³-hybridized carbons (Fsp3) is 0.533. The molecule has 3 nitrogen and oxygen atoms in total. The fourth-order valence-corrected chi connectivity index (χ4v) is 2.53. The molecule has 2 unspecified atom stereocenters. The Bertz CT molecular complexity index is 406. The zero-order valence-electron chi connectivity index (χ0n) is 12.2. The number of hydrogen-bond acceptors (Lipinski definition) is 3. The number of rotatable bonds is 6. The number of carbonyl (C=O) groups is 1. The van der Waals surface area contributed by atoms with Gasteiger partial charge in [0.2, 0.25) is 5.91 Å². The highest BCUT2D eigenvalue weighted by Gasteiger charge is 2.34. The van der Waals surface area contributed by atoms with Crippen molar-refractivity contribution in [2.75, 3.05) is 19.1 Å². The maximum atomic E-state index is 12.6. The molecule has 0 radical (unpaired) electrons. The van der Waals surface area contributed by atoms with Gasteiger partial charge in [-0.2, -0.15) is 11.8 Å². The number of thioether (sulfide) groups is 1. The second-order valence-electron chi connectivity index (χ2n) is 5.11. The summed E-state index contributed by atoms with van der Waals surface area (Å²) >= 11 is 1.79. The van der Waals surface area contributed by atoms with Gasteiger partial charge < -0.3 is 10.6 Å². The third kappa shape index (κ3) is 3.98. The predicted molar refractivity (Wildman–Crippen MR) is 83.2 cm³/mol. The fourth-order valence-electron chi connectivity index (χ4n) is 1.96. The molecule has 19 heavy (non-hydrogen) atoms. The second kappa shape index (κ2) is 6.96. The number of nitrogens with two attached hydrogens (primary N) is 1. The maximum absolute atomic E-state index is 12.6. The zero-order chi connectivity index (χ0) is 14.5. The first-order chi connectivity index (χ1) is 8.91. The van der Waals surface area contributed by atoms with Crippen LogP contribution in [0.15, 0.2) is 30.3 Å². The summed E-state index contributed by atoms with van der Waals surface area (Å²) in [5.41, 5.74) is 6.13. The molecule has 0 heterocycles. The van der Waals surface area contributed by atoms with E-state index in [4.69, 9.17) is 5.73 Å². The Morgan fingerprint density at radius 3 is 2.53 bits per heavy atom. The van der Waals surface area contributed by atoms with E-state index >= 15 is 0 Å². The third-order valence-corrected chi connectivity index (χ3v) is 4.18. The summed E-state index contributed by atoms with van der Waals surface area (Å²) in [7, 11) is 1.83. The van der Waals surface area contributed by atoms with Crippen LogP contribution in [0, 0.1) is 0 Å². The lowest BCUT2D eigenvalue weighted by molar-refractivity contribution is -0.137. The van der Waals surface area contributed by atoms with Crippen LogP contribution < -0.4 is 5.73 Å². The van der Waals surface area contributed by atoms with Crippen LogP contribution in [-0.4, -0.2) is 35.9 Å². The van der Waals surface area contributed by atoms with E-state index in [9.17, 15) is 4.79 Å². The van der Waals surface area contributed by atoms with Gasteiger partial charge in [-0.3, -0.25) is 4.79 Å². The normalized spacial score (nSPS) is 15.6. The van der Waals surface area contributed by atoms with Crippen molar-refractivity contribution in [2.24, 2.45) is 5.73 Å². The van der Waals surface area contributed by atoms with Crippen LogP contribution in [0.25, 0.3) is 0 Å². The van der Waals surface area contributed by atoms with Crippen LogP contribution in [0.4, 0.5) is 0 Å². The summed E-state index contributed by atoms with van der Waals surface area (Å²) in [6.45, 7) is 3.84. The molecule has 1 amide bonds. The summed E-state index contributed by atoms with van der Waals surface area (Å²) in [6.07, 6.45) is 3.06. The van der Waals surface area contributed by atoms with Crippen molar-refractivity contribution in [3.05, 3.63) is 35.9 Å². The summed E-state index contributed by atoms with van der Waals surface area (Å²) in [4.78, 5) is 14.3. The molecule has 4 heteroatoms. The van der Waals surface area contributed by atoms with Gasteiger partial charge >= 0.3 is 0 Å². The highest BCUT2D eigenvalue weighted by Crippen LogP contribution is 2.21. The molecular formula is C15H24N2OS. The van der Waals surface area contributed by atoms with Crippen LogP contribution in [0.5, 0.6) is 0 Å². The quantitative estimate of drug-likeness (QED) is 0.870. The van der Waals surface area contributed by atoms with Gasteiger partial charge in [0.05, 0.1) is 0 Å². The highest BCUT2D eigenvalue weighted by molar-refractivity contribution is 7.98. The van der Waals surface area contributed by atoms with Gasteiger partial charge in [-0.15, -0.1) is 0 Å². The average molecular weight is 280 g/mol. The van der Waals surface area contributed by atoms with Crippen LogP contribution in [-0.2, 0) is 10.3 Å². The van der Waals surface area contributed by atoms with Crippen molar-refractivity contribution in [1.82, 2.24) is 4.90 Å². The van der Waals surface area contributed by atoms with Gasteiger partial charge in [0.25, 0.3) is 0 Å². The summed E-state index contributed by atoms with van der Waals surface area (Å²) < 4.78 is 0. The minimum atomic E-state index is -0.969. The number of likely N-dealkylation sites (N-methyl/N-ethyl adjacent to an activating group) is 1. The Balaban J connectivity index is 2.81. The average Bonchev–Trinajstić information content (AvgIpc) is 2.43. The van der Waals surface area contributed by atoms with Crippen molar-refractivity contribution in [3.8, 4) is 0 Å². The van der Waals surface area contributed by atoms with Crippen molar-refractivity contribution >= 4 is 17.7 Å². The number of amides is 1. The molecule has 0 aliphatic rings. The first-order valence-corrected chi connectivity index (χ1v) is 7.91. The lowest BCUT2D eigenvalue weighted by Gasteiger charge is -2.33. The molecule has 106 valence electrons. The Labute approximate surface area is 120 Å². The molecule has 0 aromatic heterocycles. The molecule has 0 aliphatic heterocycles. The van der Waals surface area contributed by atoms with Crippen molar-refractivity contribution in [3.63, 3.8) is 0 Å². The highest BCUT2D eigenvalue weighted by atomic mass is 32.2. The molecule has 0 bridgehead atoms. The second-order valence-corrected chi connectivity index (χ2v) is 6.10. The molecule has 0 aliphatic carbocycles. The number of nitrogens with zero attached hydrogens (tertiary/aromatic N) is 1. The van der Waals surface area contributed by atoms with Crippen LogP contribution >= 0.6 is 11.8 Å². The molecule has 1 aromatic rings. The smallest absolute Gasteiger partial charge is 0.246 e. The number of hydrogen-bond donors (Lipinski definition) is 1. The van der Waals surface area contributed by atoms with E-state index in [1.165, 1.54) is 0 Å². The lowest BCUT2D eigenvalue weighted by Crippen LogP contribution is -2.52. The zero-order valence-corrected chi connectivity index (χ0v) is 13.0. The molecule has 1 aromatic carbocycles. The molecule has 0 saturated carbocycles. The summed E-state index contributed by atoms with van der Waals surface area (Å²) in [6, 6.07) is 9.74. The van der Waals surface area contributed by atoms with Gasteiger partial charge in [0.15, 0.2) is 0 Å². The first-order valence-electron chi connectivity index (χ1n) is 6.52. The summed E-state index contributed by atoms with van der Waals surface area (Å²) in [5, 5.41) is 0. The van der Waals surface area contributed by atoms with Gasteiger partial charge in [-0.25, -0.2) is 0 Å². The van der Waals surface area contributed by atoms with E-state index in [1.54, 1.807) is 23.6 Å². The molecule has 1 rings (SSSR count). The largest absolute Gasteiger partial charge is 0.341 e. The molecule has 2 atom stereocenters. The third-order valence-electron chi connectivity index (χ3n) is 3.54. The van der Waals surface area contributed by atoms with E-state index in [-0.39, 0.29) is 11.9 Å². The molecule has 0 saturated heterocycles. The van der Waals surface area contributed by atoms with Crippen LogP contribution in [0.2, 0.25) is 0 Å². The molecular weight excluding hydrogens is 256 g/mol. The van der Waals surface area contributed by atoms with Gasteiger partial charge in [0.1, 0.15) is 5.54 Å². The minimum Gasteiger partial charge on any atom is -0.341 e. The van der Waals surface area contributed by atoms with E-state index in [0.29, 0.717) is 0 Å². The van der Waals surface area contributed by atoms with Crippen LogP contribution in [0.3, 0.4) is 0 Å². The van der Waals surface area contributed by atoms with Crippen molar-refractivity contribution in [2.45, 2.75) is 31.8 Å². The Morgan fingerprint density at radius 2 is 2.00 bits per heavy atom.